The molecule has 3 rings (SSSR count). The number of alkyl halides is 2. The topological polar surface area (TPSA) is 72.7 Å². The molecule has 0 bridgehead atoms. The molecule has 0 aliphatic rings. The van der Waals surface area contributed by atoms with Gasteiger partial charge in [0.15, 0.2) is 0 Å². The molecule has 3 heterocycles. The molecule has 0 fully saturated rings. The summed E-state index contributed by atoms with van der Waals surface area (Å²) in [4.78, 5) is 23.9. The molecular formula is C15H11F2N5O. The van der Waals surface area contributed by atoms with Crippen LogP contribution in [-0.2, 0) is 0 Å². The zero-order valence-electron chi connectivity index (χ0n) is 11.7. The predicted molar refractivity (Wildman–Crippen MR) is 78.5 cm³/mol. The monoisotopic (exact) mass is 315 g/mol. The molecule has 3 aromatic rings. The van der Waals surface area contributed by atoms with Crippen molar-refractivity contribution in [2.45, 2.75) is 6.43 Å². The molecule has 0 aliphatic heterocycles. The van der Waals surface area contributed by atoms with Gasteiger partial charge in [-0.15, -0.1) is 0 Å². The van der Waals surface area contributed by atoms with Crippen molar-refractivity contribution in [2.75, 3.05) is 5.32 Å². The number of pyridine rings is 2. The summed E-state index contributed by atoms with van der Waals surface area (Å²) < 4.78 is 26.5. The van der Waals surface area contributed by atoms with E-state index in [0.717, 1.165) is 6.07 Å². The number of aromatic nitrogens is 4. The Morgan fingerprint density at radius 3 is 2.74 bits per heavy atom. The zero-order chi connectivity index (χ0) is 16.2. The molecule has 1 amide bonds. The second-order valence-electron chi connectivity index (χ2n) is 4.58. The molecule has 0 aliphatic carbocycles. The van der Waals surface area contributed by atoms with E-state index in [0.29, 0.717) is 11.5 Å². The van der Waals surface area contributed by atoms with E-state index in [1.165, 1.54) is 12.3 Å². The number of amides is 1. The maximum atomic E-state index is 12.4. The molecule has 0 atom stereocenters. The molecule has 0 spiro atoms. The molecule has 23 heavy (non-hydrogen) atoms. The number of nitrogens with zero attached hydrogens (tertiary/aromatic N) is 4. The summed E-state index contributed by atoms with van der Waals surface area (Å²) in [5.41, 5.74) is 0.159. The Morgan fingerprint density at radius 1 is 1.22 bits per heavy atom. The largest absolute Gasteiger partial charge is 0.319 e. The Balaban J connectivity index is 1.77. The molecule has 0 unspecified atom stereocenters. The minimum absolute atomic E-state index is 0.189. The number of imidazole rings is 1. The minimum Gasteiger partial charge on any atom is -0.319 e. The van der Waals surface area contributed by atoms with Crippen LogP contribution in [0, 0.1) is 0 Å². The van der Waals surface area contributed by atoms with Gasteiger partial charge in [0.2, 0.25) is 0 Å². The van der Waals surface area contributed by atoms with Gasteiger partial charge in [-0.2, -0.15) is 0 Å². The smallest absolute Gasteiger partial charge is 0.280 e. The Bertz CT molecular complexity index is 803. The van der Waals surface area contributed by atoms with Gasteiger partial charge in [-0.05, 0) is 24.3 Å². The fourth-order valence-electron chi connectivity index (χ4n) is 1.89. The Labute approximate surface area is 129 Å². The van der Waals surface area contributed by atoms with Gasteiger partial charge in [-0.3, -0.25) is 14.3 Å². The second-order valence-corrected chi connectivity index (χ2v) is 4.58. The summed E-state index contributed by atoms with van der Waals surface area (Å²) in [5, 5.41) is 2.56. The van der Waals surface area contributed by atoms with Crippen molar-refractivity contribution >= 4 is 11.6 Å². The van der Waals surface area contributed by atoms with Gasteiger partial charge >= 0.3 is 0 Å². The van der Waals surface area contributed by atoms with Crippen molar-refractivity contribution in [3.63, 3.8) is 0 Å². The Hall–Kier alpha value is -3.16. The van der Waals surface area contributed by atoms with Gasteiger partial charge in [-0.1, -0.05) is 6.07 Å². The number of halogens is 2. The summed E-state index contributed by atoms with van der Waals surface area (Å²) in [7, 11) is 0. The van der Waals surface area contributed by atoms with Gasteiger partial charge in [0, 0.05) is 12.4 Å². The molecule has 3 aromatic heterocycles. The number of carbonyl (C=O) groups is 1. The first kappa shape index (κ1) is 14.8. The van der Waals surface area contributed by atoms with Crippen LogP contribution < -0.4 is 5.32 Å². The van der Waals surface area contributed by atoms with Crippen LogP contribution in [0.5, 0.6) is 0 Å². The summed E-state index contributed by atoms with van der Waals surface area (Å²) in [6, 6.07) is 7.51. The van der Waals surface area contributed by atoms with Gasteiger partial charge in [0.25, 0.3) is 12.3 Å². The summed E-state index contributed by atoms with van der Waals surface area (Å²) in [6.45, 7) is 0. The zero-order valence-corrected chi connectivity index (χ0v) is 11.7. The first-order chi connectivity index (χ1) is 11.1. The van der Waals surface area contributed by atoms with Crippen LogP contribution in [0.3, 0.4) is 0 Å². The van der Waals surface area contributed by atoms with Crippen LogP contribution in [0.4, 0.5) is 14.5 Å². The molecule has 0 saturated carbocycles. The molecule has 0 saturated heterocycles. The molecule has 1 N–H and O–H groups in total. The highest BCUT2D eigenvalue weighted by Gasteiger charge is 2.11. The van der Waals surface area contributed by atoms with E-state index in [1.807, 2.05) is 0 Å². The fraction of sp³-hybridized carbons (Fsp3) is 0.0667. The molecule has 0 radical (unpaired) electrons. The van der Waals surface area contributed by atoms with E-state index in [1.54, 1.807) is 41.5 Å². The third-order valence-electron chi connectivity index (χ3n) is 3.00. The number of rotatable bonds is 4. The summed E-state index contributed by atoms with van der Waals surface area (Å²) >= 11 is 0. The quantitative estimate of drug-likeness (QED) is 0.803. The van der Waals surface area contributed by atoms with E-state index >= 15 is 0 Å². The van der Waals surface area contributed by atoms with Gasteiger partial charge in [0.05, 0.1) is 11.9 Å². The van der Waals surface area contributed by atoms with Crippen molar-refractivity contribution in [1.82, 2.24) is 19.5 Å². The molecule has 0 aromatic carbocycles. The second kappa shape index (κ2) is 6.30. The molecule has 6 nitrogen and oxygen atoms in total. The Kier molecular flexibility index (Phi) is 4.05. The van der Waals surface area contributed by atoms with Crippen LogP contribution in [0.1, 0.15) is 22.6 Å². The average Bonchev–Trinajstić information content (AvgIpc) is 3.10. The molecule has 116 valence electrons. The third-order valence-corrected chi connectivity index (χ3v) is 3.00. The standard InChI is InChI=1S/C15H11F2N5O/c16-14(17)11-5-4-10(8-19-11)20-15(23)12-2-1-3-13(21-12)22-7-6-18-9-22/h1-9,14H,(H,20,23). The highest BCUT2D eigenvalue weighted by Crippen LogP contribution is 2.17. The van der Waals surface area contributed by atoms with Crippen LogP contribution in [0.2, 0.25) is 0 Å². The maximum absolute atomic E-state index is 12.4. The number of nitrogens with one attached hydrogen (secondary N) is 1. The third kappa shape index (κ3) is 3.37. The van der Waals surface area contributed by atoms with E-state index in [9.17, 15) is 13.6 Å². The van der Waals surface area contributed by atoms with E-state index < -0.39 is 12.3 Å². The summed E-state index contributed by atoms with van der Waals surface area (Å²) in [6.07, 6.45) is 3.41. The van der Waals surface area contributed by atoms with E-state index in [4.69, 9.17) is 0 Å². The van der Waals surface area contributed by atoms with Crippen molar-refractivity contribution < 1.29 is 13.6 Å². The minimum atomic E-state index is -2.65. The van der Waals surface area contributed by atoms with Crippen LogP contribution in [0.15, 0.2) is 55.2 Å². The van der Waals surface area contributed by atoms with E-state index in [2.05, 4.69) is 20.3 Å². The highest BCUT2D eigenvalue weighted by atomic mass is 19.3. The summed E-state index contributed by atoms with van der Waals surface area (Å²) in [5.74, 6) is 0.0832. The highest BCUT2D eigenvalue weighted by molar-refractivity contribution is 6.02. The van der Waals surface area contributed by atoms with Crippen LogP contribution in [0.25, 0.3) is 5.82 Å². The molecular weight excluding hydrogens is 304 g/mol. The van der Waals surface area contributed by atoms with Crippen molar-refractivity contribution in [3.8, 4) is 5.82 Å². The lowest BCUT2D eigenvalue weighted by atomic mass is 10.3. The van der Waals surface area contributed by atoms with Crippen molar-refractivity contribution in [3.05, 3.63) is 66.6 Å². The number of hydrogen-bond acceptors (Lipinski definition) is 4. The fourth-order valence-corrected chi connectivity index (χ4v) is 1.89. The van der Waals surface area contributed by atoms with Gasteiger partial charge in [0.1, 0.15) is 23.5 Å². The van der Waals surface area contributed by atoms with Gasteiger partial charge < -0.3 is 5.32 Å². The normalized spacial score (nSPS) is 10.7. The van der Waals surface area contributed by atoms with E-state index in [-0.39, 0.29) is 11.4 Å². The lowest BCUT2D eigenvalue weighted by molar-refractivity contribution is 0.102. The Morgan fingerprint density at radius 2 is 2.09 bits per heavy atom. The number of hydrogen-bond donors (Lipinski definition) is 1. The average molecular weight is 315 g/mol. The first-order valence-electron chi connectivity index (χ1n) is 6.64. The van der Waals surface area contributed by atoms with Gasteiger partial charge in [-0.25, -0.2) is 18.7 Å². The number of carbonyl (C=O) groups excluding carboxylic acids is 1. The molecule has 8 heteroatoms. The predicted octanol–water partition coefficient (Wildman–Crippen LogP) is 2.85. The SMILES string of the molecule is O=C(Nc1ccc(C(F)F)nc1)c1cccc(-n2ccnc2)n1. The number of anilines is 1. The first-order valence-corrected chi connectivity index (χ1v) is 6.64. The van der Waals surface area contributed by atoms with Crippen molar-refractivity contribution in [1.29, 1.82) is 0 Å². The lowest BCUT2D eigenvalue weighted by Crippen LogP contribution is -2.14. The van der Waals surface area contributed by atoms with Crippen LogP contribution >= 0.6 is 0 Å². The van der Waals surface area contributed by atoms with Crippen LogP contribution in [-0.4, -0.2) is 25.4 Å². The van der Waals surface area contributed by atoms with Crippen molar-refractivity contribution in [2.24, 2.45) is 0 Å². The lowest BCUT2D eigenvalue weighted by Gasteiger charge is -2.07. The maximum Gasteiger partial charge on any atom is 0.280 e.